The average molecular weight is 490 g/mol. The van der Waals surface area contributed by atoms with Crippen LogP contribution < -0.4 is 37.2 Å². The number of hydrogen-bond donors (Lipinski definition) is 0. The first-order valence-corrected chi connectivity index (χ1v) is 9.19. The molecule has 0 heterocycles. The minimum Gasteiger partial charge on any atom is -1.00 e. The molecule has 0 N–H and O–H groups in total. The summed E-state index contributed by atoms with van der Waals surface area (Å²) >= 11 is 0. The summed E-state index contributed by atoms with van der Waals surface area (Å²) in [6, 6.07) is 32.7. The first kappa shape index (κ1) is 28.7. The maximum atomic E-state index is 3.58. The fourth-order valence-corrected chi connectivity index (χ4v) is 4.34. The molecule has 0 amide bonds. The van der Waals surface area contributed by atoms with E-state index in [2.05, 4.69) is 111 Å². The Bertz CT molecular complexity index is 868. The molecule has 0 nitrogen and oxygen atoms in total. The van der Waals surface area contributed by atoms with Gasteiger partial charge in [0.25, 0.3) is 0 Å². The smallest absolute Gasteiger partial charge is 1.00 e. The Hall–Kier alpha value is -1.28. The number of hydrogen-bond acceptors (Lipinski definition) is 0. The van der Waals surface area contributed by atoms with E-state index < -0.39 is 0 Å². The molecule has 0 spiro atoms. The molecule has 1 aliphatic rings. The Kier molecular flexibility index (Phi) is 12.0. The third-order valence-electron chi connectivity index (χ3n) is 5.37. The quantitative estimate of drug-likeness (QED) is 0.216. The van der Waals surface area contributed by atoms with Crippen LogP contribution in [-0.2, 0) is 27.1 Å². The van der Waals surface area contributed by atoms with Crippen molar-refractivity contribution < 1.29 is 58.9 Å². The zero-order valence-electron chi connectivity index (χ0n) is 17.0. The first-order valence-electron chi connectivity index (χ1n) is 9.19. The maximum absolute atomic E-state index is 3.58. The van der Waals surface area contributed by atoms with E-state index in [1.807, 2.05) is 0 Å². The van der Waals surface area contributed by atoms with E-state index in [-0.39, 0.29) is 64.4 Å². The summed E-state index contributed by atoms with van der Waals surface area (Å²) in [4.78, 5) is 0. The largest absolute Gasteiger partial charge is 4.00 e. The molecule has 4 rings (SSSR count). The van der Waals surface area contributed by atoms with Crippen molar-refractivity contribution in [3.8, 4) is 0 Å². The predicted octanol–water partition coefficient (Wildman–Crippen LogP) is -2.50. The van der Waals surface area contributed by atoms with Crippen molar-refractivity contribution in [2.24, 2.45) is 0 Å². The Morgan fingerprint density at radius 2 is 0.933 bits per heavy atom. The van der Waals surface area contributed by atoms with E-state index >= 15 is 0 Å². The van der Waals surface area contributed by atoms with Crippen LogP contribution in [0.3, 0.4) is 0 Å². The fraction of sp³-hybridized carbons (Fsp3) is 0.154. The van der Waals surface area contributed by atoms with Crippen molar-refractivity contribution in [3.63, 3.8) is 0 Å². The van der Waals surface area contributed by atoms with Crippen molar-refractivity contribution >= 4 is 0 Å². The van der Waals surface area contributed by atoms with E-state index in [1.165, 1.54) is 33.4 Å². The van der Waals surface area contributed by atoms with Crippen LogP contribution in [0.4, 0.5) is 0 Å². The molecule has 0 radical (unpaired) electrons. The normalized spacial score (nSPS) is 12.5. The van der Waals surface area contributed by atoms with Crippen LogP contribution in [0.2, 0.25) is 0 Å². The Balaban J connectivity index is 0.00000210. The van der Waals surface area contributed by atoms with Gasteiger partial charge in [-0.2, -0.15) is 11.1 Å². The van der Waals surface area contributed by atoms with Crippen LogP contribution in [0.15, 0.2) is 108 Å². The Labute approximate surface area is 214 Å². The summed E-state index contributed by atoms with van der Waals surface area (Å²) < 4.78 is 0. The van der Waals surface area contributed by atoms with Gasteiger partial charge in [-0.05, 0) is 16.7 Å². The molecule has 152 valence electrons. The average Bonchev–Trinajstić information content (AvgIpc) is 3.03. The van der Waals surface area contributed by atoms with Gasteiger partial charge in [0.15, 0.2) is 0 Å². The first-order chi connectivity index (χ1) is 12.7. The van der Waals surface area contributed by atoms with Gasteiger partial charge in [-0.15, -0.1) is 0 Å². The van der Waals surface area contributed by atoms with Crippen LogP contribution in [0.1, 0.15) is 37.0 Å². The molecular weight excluding hydrogens is 467 g/mol. The van der Waals surface area contributed by atoms with E-state index in [9.17, 15) is 0 Å². The summed E-state index contributed by atoms with van der Waals surface area (Å²) in [5.41, 5.74) is 7.63. The van der Waals surface area contributed by atoms with Gasteiger partial charge in [-0.3, -0.25) is 0 Å². The molecule has 0 aromatic heterocycles. The molecule has 0 fully saturated rings. The van der Waals surface area contributed by atoms with Crippen LogP contribution in [0.5, 0.6) is 0 Å². The van der Waals surface area contributed by atoms with Gasteiger partial charge in [-0.25, -0.2) is 11.6 Å². The number of benzene rings is 3. The summed E-state index contributed by atoms with van der Waals surface area (Å²) in [7, 11) is 0. The van der Waals surface area contributed by atoms with Crippen molar-refractivity contribution in [2.45, 2.75) is 25.7 Å². The zero-order valence-corrected chi connectivity index (χ0v) is 20.8. The molecule has 3 aromatic rings. The second kappa shape index (κ2) is 12.5. The van der Waals surface area contributed by atoms with E-state index in [0.29, 0.717) is 0 Å². The monoisotopic (exact) mass is 488 g/mol. The fourth-order valence-electron chi connectivity index (χ4n) is 4.34. The standard InChI is InChI=1S/C26H23.3ClH.Ti/c1-20-18-21(2)25(19-20)26(22-12-6-3-7-13-22,23-14-8-4-9-15-23)24-16-10-5-11-17-24;;;;/h3-17H,19H2,1-2H3;3*1H;/q-1;;;;+4/p-3. The van der Waals surface area contributed by atoms with Gasteiger partial charge in [0.2, 0.25) is 0 Å². The topological polar surface area (TPSA) is 0 Å². The van der Waals surface area contributed by atoms with Gasteiger partial charge < -0.3 is 37.2 Å². The predicted molar refractivity (Wildman–Crippen MR) is 109 cm³/mol. The molecular formula is C26H23Cl3Ti. The molecule has 0 unspecified atom stereocenters. The van der Waals surface area contributed by atoms with Crippen LogP contribution in [0.25, 0.3) is 0 Å². The number of halogens is 3. The second-order valence-corrected chi connectivity index (χ2v) is 7.03. The minimum atomic E-state index is -0.293. The molecule has 4 heteroatoms. The second-order valence-electron chi connectivity index (χ2n) is 7.03. The summed E-state index contributed by atoms with van der Waals surface area (Å²) in [5, 5.41) is 0. The molecule has 0 saturated carbocycles. The zero-order chi connectivity index (χ0) is 18.0. The Morgan fingerprint density at radius 1 is 0.600 bits per heavy atom. The van der Waals surface area contributed by atoms with Gasteiger partial charge >= 0.3 is 21.7 Å². The van der Waals surface area contributed by atoms with Crippen molar-refractivity contribution in [1.82, 2.24) is 0 Å². The third kappa shape index (κ3) is 5.13. The molecule has 30 heavy (non-hydrogen) atoms. The molecule has 0 aliphatic heterocycles. The van der Waals surface area contributed by atoms with Gasteiger partial charge in [-0.1, -0.05) is 111 Å². The van der Waals surface area contributed by atoms with Gasteiger partial charge in [0, 0.05) is 5.41 Å². The number of rotatable bonds is 4. The molecule has 0 saturated heterocycles. The van der Waals surface area contributed by atoms with E-state index in [1.54, 1.807) is 0 Å². The van der Waals surface area contributed by atoms with Crippen molar-refractivity contribution in [1.29, 1.82) is 0 Å². The van der Waals surface area contributed by atoms with E-state index in [0.717, 1.165) is 6.42 Å². The Morgan fingerprint density at radius 3 is 1.20 bits per heavy atom. The minimum absolute atomic E-state index is 0. The van der Waals surface area contributed by atoms with Gasteiger partial charge in [0.05, 0.1) is 0 Å². The van der Waals surface area contributed by atoms with E-state index in [4.69, 9.17) is 0 Å². The summed E-state index contributed by atoms with van der Waals surface area (Å²) in [6.07, 6.45) is 4.54. The SMILES string of the molecule is CC1=[C-]C(C)=C(C(c2ccccc2)(c2ccccc2)c2ccccc2)C1.[Cl-].[Cl-].[Cl-].[Ti+4]. The molecule has 0 bridgehead atoms. The molecule has 0 atom stereocenters. The molecule has 3 aromatic carbocycles. The number of allylic oxidation sites excluding steroid dienone is 4. The van der Waals surface area contributed by atoms with Crippen LogP contribution in [-0.4, -0.2) is 0 Å². The van der Waals surface area contributed by atoms with Crippen LogP contribution in [0, 0.1) is 6.08 Å². The van der Waals surface area contributed by atoms with Crippen LogP contribution >= 0.6 is 0 Å². The molecule has 1 aliphatic carbocycles. The van der Waals surface area contributed by atoms with Gasteiger partial charge in [0.1, 0.15) is 0 Å². The summed E-state index contributed by atoms with van der Waals surface area (Å²) in [5.74, 6) is 0. The van der Waals surface area contributed by atoms with Crippen molar-refractivity contribution in [2.75, 3.05) is 0 Å². The third-order valence-corrected chi connectivity index (χ3v) is 5.37. The summed E-state index contributed by atoms with van der Waals surface area (Å²) in [6.45, 7) is 4.39. The maximum Gasteiger partial charge on any atom is 4.00 e. The van der Waals surface area contributed by atoms with Crippen molar-refractivity contribution in [3.05, 3.63) is 130 Å².